The van der Waals surface area contributed by atoms with Gasteiger partial charge in [-0.15, -0.1) is 0 Å². The van der Waals surface area contributed by atoms with Crippen molar-refractivity contribution in [3.8, 4) is 0 Å². The minimum absolute atomic E-state index is 0.744. The Morgan fingerprint density at radius 1 is 1.36 bits per heavy atom. The highest BCUT2D eigenvalue weighted by Gasteiger charge is 2.18. The summed E-state index contributed by atoms with van der Waals surface area (Å²) in [6.45, 7) is 0. The number of nitrogens with one attached hydrogen (secondary N) is 1. The molecule has 70 valence electrons. The second-order valence-electron chi connectivity index (χ2n) is 3.27. The SMILES string of the molecule is Clc1ccc2c(c1)Cc1oncc1N2. The van der Waals surface area contributed by atoms with Crippen molar-refractivity contribution in [1.82, 2.24) is 5.16 Å². The summed E-state index contributed by atoms with van der Waals surface area (Å²) in [5.41, 5.74) is 3.16. The van der Waals surface area contributed by atoms with Crippen molar-refractivity contribution in [3.05, 3.63) is 40.7 Å². The molecule has 0 unspecified atom stereocenters. The summed E-state index contributed by atoms with van der Waals surface area (Å²) in [6.07, 6.45) is 2.44. The summed E-state index contributed by atoms with van der Waals surface area (Å²) in [6, 6.07) is 5.77. The van der Waals surface area contributed by atoms with Gasteiger partial charge in [-0.25, -0.2) is 0 Å². The van der Waals surface area contributed by atoms with Gasteiger partial charge in [-0.05, 0) is 23.8 Å². The number of hydrogen-bond acceptors (Lipinski definition) is 3. The van der Waals surface area contributed by atoms with Crippen molar-refractivity contribution in [1.29, 1.82) is 0 Å². The van der Waals surface area contributed by atoms with Gasteiger partial charge in [-0.2, -0.15) is 0 Å². The number of nitrogens with zero attached hydrogens (tertiary/aromatic N) is 1. The van der Waals surface area contributed by atoms with Crippen molar-refractivity contribution >= 4 is 23.0 Å². The van der Waals surface area contributed by atoms with Crippen LogP contribution in [0.2, 0.25) is 5.02 Å². The zero-order valence-corrected chi connectivity index (χ0v) is 8.01. The lowest BCUT2D eigenvalue weighted by Gasteiger charge is -2.16. The van der Waals surface area contributed by atoms with Crippen LogP contribution in [0.3, 0.4) is 0 Å². The highest BCUT2D eigenvalue weighted by atomic mass is 35.5. The van der Waals surface area contributed by atoms with Crippen LogP contribution in [0.1, 0.15) is 11.3 Å². The second-order valence-corrected chi connectivity index (χ2v) is 3.70. The fourth-order valence-electron chi connectivity index (χ4n) is 1.64. The third kappa shape index (κ3) is 1.09. The fraction of sp³-hybridized carbons (Fsp3) is 0.100. The molecule has 4 heteroatoms. The quantitative estimate of drug-likeness (QED) is 0.615. The van der Waals surface area contributed by atoms with Gasteiger partial charge in [0, 0.05) is 17.1 Å². The summed E-state index contributed by atoms with van der Waals surface area (Å²) in [5.74, 6) is 0.861. The topological polar surface area (TPSA) is 38.1 Å². The minimum Gasteiger partial charge on any atom is -0.359 e. The van der Waals surface area contributed by atoms with E-state index in [2.05, 4.69) is 10.5 Å². The number of halogens is 1. The normalized spacial score (nSPS) is 12.9. The molecular weight excluding hydrogens is 200 g/mol. The zero-order chi connectivity index (χ0) is 9.54. The van der Waals surface area contributed by atoms with Gasteiger partial charge >= 0.3 is 0 Å². The molecule has 1 aromatic heterocycles. The molecule has 14 heavy (non-hydrogen) atoms. The lowest BCUT2D eigenvalue weighted by atomic mass is 10.0. The van der Waals surface area contributed by atoms with Gasteiger partial charge in [0.15, 0.2) is 5.76 Å². The number of benzene rings is 1. The Bertz CT molecular complexity index is 493. The molecule has 0 bridgehead atoms. The molecule has 0 amide bonds. The molecule has 0 atom stereocenters. The molecule has 0 fully saturated rings. The minimum atomic E-state index is 0.744. The number of hydrogen-bond donors (Lipinski definition) is 1. The van der Waals surface area contributed by atoms with E-state index < -0.39 is 0 Å². The van der Waals surface area contributed by atoms with Gasteiger partial charge in [0.05, 0.1) is 6.20 Å². The largest absolute Gasteiger partial charge is 0.359 e. The van der Waals surface area contributed by atoms with Crippen LogP contribution < -0.4 is 5.32 Å². The molecule has 0 saturated heterocycles. The summed E-state index contributed by atoms with van der Waals surface area (Å²) in [7, 11) is 0. The lowest BCUT2D eigenvalue weighted by molar-refractivity contribution is 0.389. The molecule has 1 aliphatic heterocycles. The van der Waals surface area contributed by atoms with Crippen molar-refractivity contribution in [2.24, 2.45) is 0 Å². The van der Waals surface area contributed by atoms with E-state index in [-0.39, 0.29) is 0 Å². The predicted molar refractivity (Wildman–Crippen MR) is 54.0 cm³/mol. The van der Waals surface area contributed by atoms with E-state index in [1.165, 1.54) is 0 Å². The van der Waals surface area contributed by atoms with Crippen LogP contribution in [-0.2, 0) is 6.42 Å². The summed E-state index contributed by atoms with van der Waals surface area (Å²) in [4.78, 5) is 0. The molecule has 0 saturated carbocycles. The Kier molecular flexibility index (Phi) is 1.55. The maximum atomic E-state index is 5.90. The molecule has 1 N–H and O–H groups in total. The number of aromatic nitrogens is 1. The van der Waals surface area contributed by atoms with E-state index in [0.29, 0.717) is 0 Å². The first-order chi connectivity index (χ1) is 6.83. The van der Waals surface area contributed by atoms with Crippen LogP contribution in [0.5, 0.6) is 0 Å². The standard InChI is InChI=1S/C10H7ClN2O/c11-7-1-2-8-6(3-7)4-10-9(13-8)5-12-14-10/h1-3,5,13H,4H2. The van der Waals surface area contributed by atoms with Crippen LogP contribution in [0, 0.1) is 0 Å². The average Bonchev–Trinajstić information content (AvgIpc) is 2.61. The smallest absolute Gasteiger partial charge is 0.164 e. The summed E-state index contributed by atoms with van der Waals surface area (Å²) < 4.78 is 5.10. The Hall–Kier alpha value is -1.48. The third-order valence-electron chi connectivity index (χ3n) is 2.33. The van der Waals surface area contributed by atoms with E-state index in [1.54, 1.807) is 6.20 Å². The Morgan fingerprint density at radius 3 is 3.21 bits per heavy atom. The maximum Gasteiger partial charge on any atom is 0.164 e. The molecule has 3 rings (SSSR count). The fourth-order valence-corrected chi connectivity index (χ4v) is 1.84. The van der Waals surface area contributed by atoms with Gasteiger partial charge in [0.2, 0.25) is 0 Å². The Balaban J connectivity index is 2.12. The first kappa shape index (κ1) is 7.88. The third-order valence-corrected chi connectivity index (χ3v) is 2.57. The maximum absolute atomic E-state index is 5.90. The summed E-state index contributed by atoms with van der Waals surface area (Å²) >= 11 is 5.90. The van der Waals surface area contributed by atoms with Crippen molar-refractivity contribution in [3.63, 3.8) is 0 Å². The first-order valence-corrected chi connectivity index (χ1v) is 4.70. The molecule has 2 aromatic rings. The van der Waals surface area contributed by atoms with E-state index in [4.69, 9.17) is 16.1 Å². The predicted octanol–water partition coefficient (Wildman–Crippen LogP) is 2.98. The van der Waals surface area contributed by atoms with Crippen LogP contribution in [0.25, 0.3) is 0 Å². The van der Waals surface area contributed by atoms with E-state index >= 15 is 0 Å². The van der Waals surface area contributed by atoms with Gasteiger partial charge in [-0.3, -0.25) is 0 Å². The lowest BCUT2D eigenvalue weighted by Crippen LogP contribution is -2.04. The number of anilines is 2. The molecule has 0 spiro atoms. The second kappa shape index (κ2) is 2.75. The first-order valence-electron chi connectivity index (χ1n) is 4.32. The summed E-state index contributed by atoms with van der Waals surface area (Å²) in [5, 5.41) is 7.72. The monoisotopic (exact) mass is 206 g/mol. The van der Waals surface area contributed by atoms with Crippen LogP contribution in [0.15, 0.2) is 28.9 Å². The Morgan fingerprint density at radius 2 is 2.29 bits per heavy atom. The molecule has 1 aromatic carbocycles. The van der Waals surface area contributed by atoms with Gasteiger partial charge < -0.3 is 9.84 Å². The van der Waals surface area contributed by atoms with Crippen molar-refractivity contribution in [2.45, 2.75) is 6.42 Å². The van der Waals surface area contributed by atoms with E-state index in [1.807, 2.05) is 18.2 Å². The molecule has 3 nitrogen and oxygen atoms in total. The highest BCUT2D eigenvalue weighted by Crippen LogP contribution is 2.33. The van der Waals surface area contributed by atoms with Crippen LogP contribution in [-0.4, -0.2) is 5.16 Å². The van der Waals surface area contributed by atoms with Crippen LogP contribution in [0.4, 0.5) is 11.4 Å². The van der Waals surface area contributed by atoms with Gasteiger partial charge in [0.1, 0.15) is 5.69 Å². The van der Waals surface area contributed by atoms with Crippen molar-refractivity contribution < 1.29 is 4.52 Å². The molecule has 0 aliphatic carbocycles. The van der Waals surface area contributed by atoms with Crippen LogP contribution >= 0.6 is 11.6 Å². The molecule has 2 heterocycles. The van der Waals surface area contributed by atoms with E-state index in [0.717, 1.165) is 34.1 Å². The van der Waals surface area contributed by atoms with E-state index in [9.17, 15) is 0 Å². The number of rotatable bonds is 0. The Labute approximate surface area is 85.7 Å². The molecular formula is C10H7ClN2O. The average molecular weight is 207 g/mol. The van der Waals surface area contributed by atoms with Gasteiger partial charge in [0.25, 0.3) is 0 Å². The molecule has 0 radical (unpaired) electrons. The number of fused-ring (bicyclic) bond motifs is 2. The molecule has 1 aliphatic rings. The highest BCUT2D eigenvalue weighted by molar-refractivity contribution is 6.30. The van der Waals surface area contributed by atoms with Gasteiger partial charge in [-0.1, -0.05) is 16.8 Å². The zero-order valence-electron chi connectivity index (χ0n) is 7.25. The van der Waals surface area contributed by atoms with Crippen molar-refractivity contribution in [2.75, 3.05) is 5.32 Å².